The van der Waals surface area contributed by atoms with Gasteiger partial charge in [0.05, 0.1) is 12.2 Å². The van der Waals surface area contributed by atoms with Crippen molar-refractivity contribution in [1.29, 1.82) is 0 Å². The van der Waals surface area contributed by atoms with Crippen molar-refractivity contribution in [2.75, 3.05) is 19.8 Å². The molecule has 1 amide bonds. The fourth-order valence-electron chi connectivity index (χ4n) is 2.56. The highest BCUT2D eigenvalue weighted by atomic mass is 16.5. The zero-order valence-corrected chi connectivity index (χ0v) is 12.4. The molecular formula is C15H27NO3. The van der Waals surface area contributed by atoms with Gasteiger partial charge in [-0.25, -0.2) is 0 Å². The Labute approximate surface area is 116 Å². The highest BCUT2D eigenvalue weighted by Gasteiger charge is 2.27. The summed E-state index contributed by atoms with van der Waals surface area (Å²) in [7, 11) is 0. The maximum absolute atomic E-state index is 12.2. The number of hydrogen-bond donors (Lipinski definition) is 2. The molecule has 4 nitrogen and oxygen atoms in total. The normalized spacial score (nSPS) is 16.2. The number of carbonyl (C=O) groups excluding carboxylic acids is 1. The van der Waals surface area contributed by atoms with Crippen LogP contribution in [0.3, 0.4) is 0 Å². The smallest absolute Gasteiger partial charge is 0.250 e. The lowest BCUT2D eigenvalue weighted by Crippen LogP contribution is -2.38. The van der Waals surface area contributed by atoms with E-state index in [1.807, 2.05) is 6.92 Å². The number of nitrogens with one attached hydrogen (secondary N) is 1. The molecule has 1 aliphatic heterocycles. The molecule has 0 saturated carbocycles. The Hall–Kier alpha value is -1.03. The Bertz CT molecular complexity index is 332. The summed E-state index contributed by atoms with van der Waals surface area (Å²) in [6.07, 6.45) is 4.35. The molecule has 0 aliphatic carbocycles. The van der Waals surface area contributed by atoms with Crippen LogP contribution in [0.2, 0.25) is 0 Å². The standard InChI is InChI=1S/C15H27NO3/c1-4-15(5-2,8-9-17)11-16-14(18)13-7-6-10-19-12(13)3/h17H,4-11H2,1-3H3,(H,16,18). The van der Waals surface area contributed by atoms with Crippen molar-refractivity contribution in [3.63, 3.8) is 0 Å². The fraction of sp³-hybridized carbons (Fsp3) is 0.800. The van der Waals surface area contributed by atoms with Crippen LogP contribution < -0.4 is 5.32 Å². The SMILES string of the molecule is CCC(CC)(CCO)CNC(=O)C1=C(C)OCCC1. The van der Waals surface area contributed by atoms with Crippen molar-refractivity contribution in [3.05, 3.63) is 11.3 Å². The van der Waals surface area contributed by atoms with Gasteiger partial charge < -0.3 is 15.2 Å². The molecule has 0 aromatic heterocycles. The van der Waals surface area contributed by atoms with Gasteiger partial charge in [-0.2, -0.15) is 0 Å². The molecule has 0 bridgehead atoms. The van der Waals surface area contributed by atoms with Crippen LogP contribution in [0, 0.1) is 5.41 Å². The summed E-state index contributed by atoms with van der Waals surface area (Å²) in [4.78, 5) is 12.2. The summed E-state index contributed by atoms with van der Waals surface area (Å²) in [5, 5.41) is 12.2. The first-order chi connectivity index (χ1) is 9.08. The van der Waals surface area contributed by atoms with Gasteiger partial charge in [-0.1, -0.05) is 13.8 Å². The van der Waals surface area contributed by atoms with E-state index in [-0.39, 0.29) is 17.9 Å². The third-order valence-electron chi connectivity index (χ3n) is 4.35. The summed E-state index contributed by atoms with van der Waals surface area (Å²) in [6, 6.07) is 0. The predicted molar refractivity (Wildman–Crippen MR) is 75.6 cm³/mol. The van der Waals surface area contributed by atoms with E-state index in [0.29, 0.717) is 13.2 Å². The maximum atomic E-state index is 12.2. The molecule has 0 unspecified atom stereocenters. The first kappa shape index (κ1) is 16.0. The second kappa shape index (κ2) is 7.53. The molecule has 0 radical (unpaired) electrons. The molecule has 0 atom stereocenters. The van der Waals surface area contributed by atoms with Crippen molar-refractivity contribution < 1.29 is 14.6 Å². The van der Waals surface area contributed by atoms with E-state index in [1.54, 1.807) is 0 Å². The molecule has 0 saturated heterocycles. The highest BCUT2D eigenvalue weighted by Crippen LogP contribution is 2.29. The lowest BCUT2D eigenvalue weighted by molar-refractivity contribution is -0.118. The summed E-state index contributed by atoms with van der Waals surface area (Å²) in [5.41, 5.74) is 0.783. The highest BCUT2D eigenvalue weighted by molar-refractivity contribution is 5.93. The maximum Gasteiger partial charge on any atom is 0.250 e. The van der Waals surface area contributed by atoms with Crippen LogP contribution >= 0.6 is 0 Å². The molecule has 0 aromatic carbocycles. The van der Waals surface area contributed by atoms with Crippen molar-refractivity contribution in [1.82, 2.24) is 5.32 Å². The molecule has 0 fully saturated rings. The number of aliphatic hydroxyl groups is 1. The number of hydrogen-bond acceptors (Lipinski definition) is 3. The van der Waals surface area contributed by atoms with Gasteiger partial charge in [0, 0.05) is 13.2 Å². The van der Waals surface area contributed by atoms with Crippen LogP contribution in [0.25, 0.3) is 0 Å². The largest absolute Gasteiger partial charge is 0.498 e. The van der Waals surface area contributed by atoms with E-state index in [1.165, 1.54) is 0 Å². The van der Waals surface area contributed by atoms with Gasteiger partial charge >= 0.3 is 0 Å². The Morgan fingerprint density at radius 2 is 2.11 bits per heavy atom. The fourth-order valence-corrected chi connectivity index (χ4v) is 2.56. The summed E-state index contributed by atoms with van der Waals surface area (Å²) in [6.45, 7) is 7.58. The number of aliphatic hydroxyl groups excluding tert-OH is 1. The van der Waals surface area contributed by atoms with Crippen LogP contribution in [0.5, 0.6) is 0 Å². The third kappa shape index (κ3) is 4.23. The van der Waals surface area contributed by atoms with E-state index in [2.05, 4.69) is 19.2 Å². The van der Waals surface area contributed by atoms with Gasteiger partial charge in [0.1, 0.15) is 5.76 Å². The number of amides is 1. The molecule has 110 valence electrons. The van der Waals surface area contributed by atoms with Crippen molar-refractivity contribution in [3.8, 4) is 0 Å². The lowest BCUT2D eigenvalue weighted by atomic mass is 9.79. The molecule has 4 heteroatoms. The summed E-state index contributed by atoms with van der Waals surface area (Å²) >= 11 is 0. The topological polar surface area (TPSA) is 58.6 Å². The molecular weight excluding hydrogens is 242 g/mol. The molecule has 1 rings (SSSR count). The number of ether oxygens (including phenoxy) is 1. The molecule has 2 N–H and O–H groups in total. The zero-order chi connectivity index (χ0) is 14.3. The van der Waals surface area contributed by atoms with Crippen molar-refractivity contribution >= 4 is 5.91 Å². The Kier molecular flexibility index (Phi) is 6.35. The second-order valence-corrected chi connectivity index (χ2v) is 5.35. The van der Waals surface area contributed by atoms with E-state index >= 15 is 0 Å². The Morgan fingerprint density at radius 3 is 2.63 bits per heavy atom. The molecule has 19 heavy (non-hydrogen) atoms. The molecule has 0 aromatic rings. The Balaban J connectivity index is 2.61. The minimum Gasteiger partial charge on any atom is -0.498 e. The molecule has 0 spiro atoms. The minimum atomic E-state index is -0.0126. The van der Waals surface area contributed by atoms with Gasteiger partial charge in [-0.15, -0.1) is 0 Å². The number of carbonyl (C=O) groups is 1. The predicted octanol–water partition coefficient (Wildman–Crippen LogP) is 2.38. The first-order valence-electron chi connectivity index (χ1n) is 7.30. The Morgan fingerprint density at radius 1 is 1.42 bits per heavy atom. The van der Waals surface area contributed by atoms with E-state index in [0.717, 1.165) is 43.4 Å². The van der Waals surface area contributed by atoms with Crippen LogP contribution in [0.1, 0.15) is 52.9 Å². The van der Waals surface area contributed by atoms with Crippen LogP contribution in [0.15, 0.2) is 11.3 Å². The van der Waals surface area contributed by atoms with E-state index < -0.39 is 0 Å². The number of rotatable bonds is 7. The summed E-state index contributed by atoms with van der Waals surface area (Å²) < 4.78 is 5.42. The van der Waals surface area contributed by atoms with Gasteiger partial charge in [0.15, 0.2) is 0 Å². The van der Waals surface area contributed by atoms with Gasteiger partial charge in [-0.05, 0) is 44.4 Å². The monoisotopic (exact) mass is 269 g/mol. The van der Waals surface area contributed by atoms with Gasteiger partial charge in [-0.3, -0.25) is 4.79 Å². The first-order valence-corrected chi connectivity index (χ1v) is 7.30. The van der Waals surface area contributed by atoms with Crippen molar-refractivity contribution in [2.45, 2.75) is 52.9 Å². The minimum absolute atomic E-state index is 0.00833. The number of allylic oxidation sites excluding steroid dienone is 1. The summed E-state index contributed by atoms with van der Waals surface area (Å²) in [5.74, 6) is 0.742. The van der Waals surface area contributed by atoms with Crippen LogP contribution in [-0.4, -0.2) is 30.8 Å². The van der Waals surface area contributed by atoms with Crippen LogP contribution in [-0.2, 0) is 9.53 Å². The molecule has 1 aliphatic rings. The van der Waals surface area contributed by atoms with E-state index in [9.17, 15) is 9.90 Å². The van der Waals surface area contributed by atoms with Crippen molar-refractivity contribution in [2.24, 2.45) is 5.41 Å². The van der Waals surface area contributed by atoms with E-state index in [4.69, 9.17) is 4.74 Å². The zero-order valence-electron chi connectivity index (χ0n) is 12.4. The lowest BCUT2D eigenvalue weighted by Gasteiger charge is -2.31. The van der Waals surface area contributed by atoms with Crippen LogP contribution in [0.4, 0.5) is 0 Å². The van der Waals surface area contributed by atoms with Gasteiger partial charge in [0.25, 0.3) is 5.91 Å². The third-order valence-corrected chi connectivity index (χ3v) is 4.35. The molecule has 1 heterocycles. The van der Waals surface area contributed by atoms with Gasteiger partial charge in [0.2, 0.25) is 0 Å². The average Bonchev–Trinajstić information content (AvgIpc) is 2.44. The average molecular weight is 269 g/mol. The quantitative estimate of drug-likeness (QED) is 0.746. The second-order valence-electron chi connectivity index (χ2n) is 5.35.